The predicted octanol–water partition coefficient (Wildman–Crippen LogP) is 3.66. The van der Waals surface area contributed by atoms with Gasteiger partial charge >= 0.3 is 5.97 Å². The highest BCUT2D eigenvalue weighted by Crippen LogP contribution is 2.29. The molecule has 0 heterocycles. The Kier molecular flexibility index (Phi) is 7.13. The van der Waals surface area contributed by atoms with Crippen LogP contribution in [0.15, 0.2) is 61.3 Å². The van der Waals surface area contributed by atoms with Crippen LogP contribution in [0.5, 0.6) is 17.2 Å². The van der Waals surface area contributed by atoms with E-state index in [1.54, 1.807) is 18.2 Å². The molecule has 0 spiro atoms. The van der Waals surface area contributed by atoms with Gasteiger partial charge in [0.25, 0.3) is 0 Å². The summed E-state index contributed by atoms with van der Waals surface area (Å²) in [6, 6.07) is 12.0. The molecule has 0 atom stereocenters. The van der Waals surface area contributed by atoms with Crippen molar-refractivity contribution in [1.82, 2.24) is 0 Å². The number of rotatable bonds is 9. The number of hydrogen-bond donors (Lipinski definition) is 0. The van der Waals surface area contributed by atoms with Crippen LogP contribution in [-0.2, 0) is 11.2 Å². The molecule has 7 nitrogen and oxygen atoms in total. The Labute approximate surface area is 156 Å². The lowest BCUT2D eigenvalue weighted by Crippen LogP contribution is -2.18. The van der Waals surface area contributed by atoms with Gasteiger partial charge in [-0.15, -0.1) is 6.58 Å². The number of benzene rings is 2. The number of allylic oxidation sites excluding steroid dienone is 1. The molecule has 0 N–H and O–H groups in total. The molecule has 0 aliphatic carbocycles. The summed E-state index contributed by atoms with van der Waals surface area (Å²) in [5.74, 6) is 0.460. The summed E-state index contributed by atoms with van der Waals surface area (Å²) in [5.41, 5.74) is 1.46. The van der Waals surface area contributed by atoms with Crippen molar-refractivity contribution < 1.29 is 23.9 Å². The van der Waals surface area contributed by atoms with Gasteiger partial charge in [0, 0.05) is 6.08 Å². The summed E-state index contributed by atoms with van der Waals surface area (Å²) in [7, 11) is 1.41. The van der Waals surface area contributed by atoms with Crippen LogP contribution in [0.2, 0.25) is 0 Å². The van der Waals surface area contributed by atoms with E-state index in [1.807, 2.05) is 18.2 Å². The number of hydrogen-bond acceptors (Lipinski definition) is 6. The third kappa shape index (κ3) is 6.00. The smallest absolute Gasteiger partial charge is 0.349 e. The Balaban J connectivity index is 2.03. The van der Waals surface area contributed by atoms with Crippen LogP contribution in [0, 0.1) is 10.1 Å². The second-order valence-electron chi connectivity index (χ2n) is 5.37. The summed E-state index contributed by atoms with van der Waals surface area (Å²) in [4.78, 5) is 21.9. The molecular formula is C20H19NO6. The van der Waals surface area contributed by atoms with E-state index in [4.69, 9.17) is 14.2 Å². The first kappa shape index (κ1) is 19.7. The standard InChI is InChI=1S/C20H19NO6/c1-3-6-16-7-4-5-8-17(16)26-14-20(22)27-18-10-9-15(11-12-21(23)24)13-19(18)25-2/h3-5,7-13H,1,6,14H2,2H3/b12-11+. The van der Waals surface area contributed by atoms with E-state index < -0.39 is 10.9 Å². The normalized spacial score (nSPS) is 10.4. The highest BCUT2D eigenvalue weighted by molar-refractivity contribution is 5.75. The van der Waals surface area contributed by atoms with Crippen molar-refractivity contribution in [2.24, 2.45) is 0 Å². The molecule has 0 saturated heterocycles. The van der Waals surface area contributed by atoms with Crippen LogP contribution in [0.4, 0.5) is 0 Å². The monoisotopic (exact) mass is 369 g/mol. The van der Waals surface area contributed by atoms with Crippen LogP contribution < -0.4 is 14.2 Å². The number of carbonyl (C=O) groups excluding carboxylic acids is 1. The first-order chi connectivity index (χ1) is 13.0. The Morgan fingerprint density at radius 3 is 2.67 bits per heavy atom. The van der Waals surface area contributed by atoms with Crippen molar-refractivity contribution in [1.29, 1.82) is 0 Å². The molecule has 2 aromatic carbocycles. The molecule has 2 rings (SSSR count). The van der Waals surface area contributed by atoms with Gasteiger partial charge < -0.3 is 14.2 Å². The molecule has 27 heavy (non-hydrogen) atoms. The highest BCUT2D eigenvalue weighted by Gasteiger charge is 2.12. The second-order valence-corrected chi connectivity index (χ2v) is 5.37. The van der Waals surface area contributed by atoms with Crippen molar-refractivity contribution in [3.63, 3.8) is 0 Å². The van der Waals surface area contributed by atoms with Crippen LogP contribution >= 0.6 is 0 Å². The zero-order valence-corrected chi connectivity index (χ0v) is 14.8. The quantitative estimate of drug-likeness (QED) is 0.220. The van der Waals surface area contributed by atoms with Crippen molar-refractivity contribution in [3.05, 3.63) is 82.6 Å². The van der Waals surface area contributed by atoms with E-state index in [0.717, 1.165) is 11.8 Å². The average Bonchev–Trinajstić information content (AvgIpc) is 2.66. The molecule has 0 aliphatic heterocycles. The van der Waals surface area contributed by atoms with E-state index in [9.17, 15) is 14.9 Å². The number of nitrogens with zero attached hydrogens (tertiary/aromatic N) is 1. The SMILES string of the molecule is C=CCc1ccccc1OCC(=O)Oc1ccc(/C=C/[N+](=O)[O-])cc1OC. The molecule has 140 valence electrons. The van der Waals surface area contributed by atoms with Gasteiger partial charge in [-0.2, -0.15) is 0 Å². The van der Waals surface area contributed by atoms with Gasteiger partial charge in [0.15, 0.2) is 18.1 Å². The summed E-state index contributed by atoms with van der Waals surface area (Å²) in [6.45, 7) is 3.42. The minimum Gasteiger partial charge on any atom is -0.493 e. The topological polar surface area (TPSA) is 87.9 Å². The van der Waals surface area contributed by atoms with Crippen LogP contribution in [-0.4, -0.2) is 24.6 Å². The lowest BCUT2D eigenvalue weighted by molar-refractivity contribution is -0.400. The molecule has 0 aromatic heterocycles. The van der Waals surface area contributed by atoms with Crippen molar-refractivity contribution in [3.8, 4) is 17.2 Å². The van der Waals surface area contributed by atoms with E-state index >= 15 is 0 Å². The van der Waals surface area contributed by atoms with Gasteiger partial charge in [0.05, 0.1) is 12.0 Å². The molecule has 2 aromatic rings. The second kappa shape index (κ2) is 9.76. The molecule has 7 heteroatoms. The first-order valence-corrected chi connectivity index (χ1v) is 8.05. The zero-order valence-electron chi connectivity index (χ0n) is 14.8. The minimum atomic E-state index is -0.602. The Hall–Kier alpha value is -3.61. The predicted molar refractivity (Wildman–Crippen MR) is 100 cm³/mol. The molecule has 0 saturated carbocycles. The van der Waals surface area contributed by atoms with Crippen molar-refractivity contribution in [2.45, 2.75) is 6.42 Å². The maximum atomic E-state index is 12.1. The van der Waals surface area contributed by atoms with Gasteiger partial charge in [-0.25, -0.2) is 4.79 Å². The van der Waals surface area contributed by atoms with Gasteiger partial charge in [-0.1, -0.05) is 30.3 Å². The fraction of sp³-hybridized carbons (Fsp3) is 0.150. The van der Waals surface area contributed by atoms with Gasteiger partial charge in [0.1, 0.15) is 5.75 Å². The van der Waals surface area contributed by atoms with Gasteiger partial charge in [-0.05, 0) is 35.7 Å². The van der Waals surface area contributed by atoms with E-state index in [-0.39, 0.29) is 18.1 Å². The zero-order chi connectivity index (χ0) is 19.6. The van der Waals surface area contributed by atoms with Crippen LogP contribution in [0.1, 0.15) is 11.1 Å². The average molecular weight is 369 g/mol. The Morgan fingerprint density at radius 2 is 1.96 bits per heavy atom. The largest absolute Gasteiger partial charge is 0.493 e. The number of esters is 1. The van der Waals surface area contributed by atoms with Crippen LogP contribution in [0.25, 0.3) is 6.08 Å². The van der Waals surface area contributed by atoms with Crippen LogP contribution in [0.3, 0.4) is 0 Å². The van der Waals surface area contributed by atoms with Gasteiger partial charge in [-0.3, -0.25) is 10.1 Å². The third-order valence-electron chi connectivity index (χ3n) is 3.48. The molecule has 0 fully saturated rings. The Bertz CT molecular complexity index is 859. The fourth-order valence-corrected chi connectivity index (χ4v) is 2.28. The van der Waals surface area contributed by atoms with Crippen molar-refractivity contribution >= 4 is 12.0 Å². The number of carbonyl (C=O) groups is 1. The lowest BCUT2D eigenvalue weighted by atomic mass is 10.1. The minimum absolute atomic E-state index is 0.198. The van der Waals surface area contributed by atoms with Gasteiger partial charge in [0.2, 0.25) is 6.20 Å². The first-order valence-electron chi connectivity index (χ1n) is 8.05. The summed E-state index contributed by atoms with van der Waals surface area (Å²) in [6.07, 6.45) is 4.50. The number of methoxy groups -OCH3 is 1. The van der Waals surface area contributed by atoms with E-state index in [2.05, 4.69) is 6.58 Å². The number of nitro groups is 1. The molecule has 0 aliphatic rings. The highest BCUT2D eigenvalue weighted by atomic mass is 16.6. The third-order valence-corrected chi connectivity index (χ3v) is 3.48. The summed E-state index contributed by atoms with van der Waals surface area (Å²) >= 11 is 0. The summed E-state index contributed by atoms with van der Waals surface area (Å²) < 4.78 is 16.0. The van der Waals surface area contributed by atoms with E-state index in [1.165, 1.54) is 25.3 Å². The molecule has 0 radical (unpaired) electrons. The molecule has 0 bridgehead atoms. The summed E-state index contributed by atoms with van der Waals surface area (Å²) in [5, 5.41) is 10.4. The lowest BCUT2D eigenvalue weighted by Gasteiger charge is -2.12. The van der Waals surface area contributed by atoms with E-state index in [0.29, 0.717) is 17.7 Å². The number of para-hydroxylation sites is 1. The molecule has 0 unspecified atom stereocenters. The van der Waals surface area contributed by atoms with Crippen molar-refractivity contribution in [2.75, 3.05) is 13.7 Å². The fourth-order valence-electron chi connectivity index (χ4n) is 2.28. The molecule has 0 amide bonds. The number of ether oxygens (including phenoxy) is 3. The molecular weight excluding hydrogens is 350 g/mol. The maximum Gasteiger partial charge on any atom is 0.349 e. The Morgan fingerprint density at radius 1 is 1.19 bits per heavy atom. The maximum absolute atomic E-state index is 12.1.